The SMILES string of the molecule is CSc1ccc(CCN(C)C(=O)C(C)CN)cc1. The van der Waals surface area contributed by atoms with Crippen LogP contribution >= 0.6 is 11.8 Å². The van der Waals surface area contributed by atoms with Gasteiger partial charge in [0.1, 0.15) is 0 Å². The molecule has 0 spiro atoms. The lowest BCUT2D eigenvalue weighted by atomic mass is 10.1. The highest BCUT2D eigenvalue weighted by molar-refractivity contribution is 7.98. The molecule has 0 saturated heterocycles. The molecule has 0 saturated carbocycles. The zero-order chi connectivity index (χ0) is 13.5. The van der Waals surface area contributed by atoms with Crippen LogP contribution in [0.5, 0.6) is 0 Å². The van der Waals surface area contributed by atoms with Crippen LogP contribution in [-0.4, -0.2) is 37.2 Å². The quantitative estimate of drug-likeness (QED) is 0.801. The van der Waals surface area contributed by atoms with Crippen LogP contribution in [0.25, 0.3) is 0 Å². The Morgan fingerprint density at radius 3 is 2.50 bits per heavy atom. The van der Waals surface area contributed by atoms with Gasteiger partial charge in [0.25, 0.3) is 0 Å². The van der Waals surface area contributed by atoms with E-state index in [1.165, 1.54) is 10.5 Å². The predicted molar refractivity (Wildman–Crippen MR) is 77.8 cm³/mol. The van der Waals surface area contributed by atoms with E-state index in [0.29, 0.717) is 6.54 Å². The minimum atomic E-state index is -0.0890. The highest BCUT2D eigenvalue weighted by atomic mass is 32.2. The summed E-state index contributed by atoms with van der Waals surface area (Å²) in [7, 11) is 1.84. The van der Waals surface area contributed by atoms with E-state index < -0.39 is 0 Å². The molecule has 0 aromatic heterocycles. The summed E-state index contributed by atoms with van der Waals surface area (Å²) in [4.78, 5) is 14.9. The number of nitrogens with two attached hydrogens (primary N) is 1. The molecule has 1 rings (SSSR count). The lowest BCUT2D eigenvalue weighted by molar-refractivity contribution is -0.133. The van der Waals surface area contributed by atoms with Crippen molar-refractivity contribution in [2.24, 2.45) is 11.7 Å². The monoisotopic (exact) mass is 266 g/mol. The Kier molecular flexibility index (Phi) is 6.22. The van der Waals surface area contributed by atoms with Gasteiger partial charge in [0.05, 0.1) is 0 Å². The Labute approximate surface area is 114 Å². The summed E-state index contributed by atoms with van der Waals surface area (Å²) in [6.07, 6.45) is 2.95. The Morgan fingerprint density at radius 1 is 1.39 bits per heavy atom. The first-order valence-corrected chi connectivity index (χ1v) is 7.39. The second-order valence-electron chi connectivity index (χ2n) is 4.49. The maximum atomic E-state index is 11.8. The van der Waals surface area contributed by atoms with Gasteiger partial charge in [-0.2, -0.15) is 0 Å². The van der Waals surface area contributed by atoms with Gasteiger partial charge >= 0.3 is 0 Å². The first-order chi connectivity index (χ1) is 8.58. The van der Waals surface area contributed by atoms with E-state index in [2.05, 4.69) is 30.5 Å². The van der Waals surface area contributed by atoms with Gasteiger partial charge in [-0.05, 0) is 30.4 Å². The van der Waals surface area contributed by atoms with Crippen LogP contribution in [0.15, 0.2) is 29.2 Å². The van der Waals surface area contributed by atoms with Crippen LogP contribution in [0.1, 0.15) is 12.5 Å². The number of benzene rings is 1. The molecule has 0 aliphatic heterocycles. The van der Waals surface area contributed by atoms with Crippen molar-refractivity contribution in [2.75, 3.05) is 26.4 Å². The van der Waals surface area contributed by atoms with Crippen LogP contribution in [0.2, 0.25) is 0 Å². The highest BCUT2D eigenvalue weighted by Crippen LogP contribution is 2.15. The van der Waals surface area contributed by atoms with E-state index >= 15 is 0 Å². The van der Waals surface area contributed by atoms with E-state index in [4.69, 9.17) is 5.73 Å². The average molecular weight is 266 g/mol. The van der Waals surface area contributed by atoms with Crippen molar-refractivity contribution < 1.29 is 4.79 Å². The van der Waals surface area contributed by atoms with E-state index in [1.807, 2.05) is 14.0 Å². The lowest BCUT2D eigenvalue weighted by Gasteiger charge is -2.20. The Balaban J connectivity index is 2.46. The molecule has 0 bridgehead atoms. The molecular weight excluding hydrogens is 244 g/mol. The molecular formula is C14H22N2OS. The normalized spacial score (nSPS) is 12.2. The van der Waals surface area contributed by atoms with Gasteiger partial charge in [-0.15, -0.1) is 11.8 Å². The standard InChI is InChI=1S/C14H22N2OS/c1-11(10-15)14(17)16(2)9-8-12-4-6-13(18-3)7-5-12/h4-7,11H,8-10,15H2,1-3H3. The van der Waals surface area contributed by atoms with E-state index in [-0.39, 0.29) is 11.8 Å². The van der Waals surface area contributed by atoms with Gasteiger partial charge in [-0.25, -0.2) is 0 Å². The third-order valence-corrected chi connectivity index (χ3v) is 3.79. The largest absolute Gasteiger partial charge is 0.345 e. The van der Waals surface area contributed by atoms with Gasteiger partial charge < -0.3 is 10.6 Å². The molecule has 0 heterocycles. The first kappa shape index (κ1) is 15.1. The minimum Gasteiger partial charge on any atom is -0.345 e. The fourth-order valence-electron chi connectivity index (χ4n) is 1.68. The summed E-state index contributed by atoms with van der Waals surface area (Å²) in [6, 6.07) is 8.47. The fraction of sp³-hybridized carbons (Fsp3) is 0.500. The molecule has 1 amide bonds. The summed E-state index contributed by atoms with van der Waals surface area (Å²) in [5.41, 5.74) is 6.76. The summed E-state index contributed by atoms with van der Waals surface area (Å²) in [6.45, 7) is 3.01. The molecule has 2 N–H and O–H groups in total. The van der Waals surface area contributed by atoms with Gasteiger partial charge in [0.2, 0.25) is 5.91 Å². The van der Waals surface area contributed by atoms with Gasteiger partial charge in [-0.1, -0.05) is 19.1 Å². The first-order valence-electron chi connectivity index (χ1n) is 6.16. The van der Waals surface area contributed by atoms with E-state index in [1.54, 1.807) is 16.7 Å². The molecule has 1 aromatic carbocycles. The molecule has 1 unspecified atom stereocenters. The van der Waals surface area contributed by atoms with Crippen molar-refractivity contribution in [1.29, 1.82) is 0 Å². The molecule has 0 aliphatic carbocycles. The second kappa shape index (κ2) is 7.44. The van der Waals surface area contributed by atoms with Crippen LogP contribution in [0.4, 0.5) is 0 Å². The molecule has 4 heteroatoms. The van der Waals surface area contributed by atoms with Crippen molar-refractivity contribution in [2.45, 2.75) is 18.2 Å². The zero-order valence-electron chi connectivity index (χ0n) is 11.3. The lowest BCUT2D eigenvalue weighted by Crippen LogP contribution is -2.36. The number of carbonyl (C=O) groups excluding carboxylic acids is 1. The Bertz CT molecular complexity index is 378. The predicted octanol–water partition coefficient (Wildman–Crippen LogP) is 2.00. The molecule has 0 fully saturated rings. The third kappa shape index (κ3) is 4.35. The Morgan fingerprint density at radius 2 is 2.00 bits per heavy atom. The molecule has 0 aliphatic rings. The third-order valence-electron chi connectivity index (χ3n) is 3.05. The molecule has 18 heavy (non-hydrogen) atoms. The maximum absolute atomic E-state index is 11.8. The van der Waals surface area contributed by atoms with Crippen LogP contribution in [0, 0.1) is 5.92 Å². The number of nitrogens with zero attached hydrogens (tertiary/aromatic N) is 1. The average Bonchev–Trinajstić information content (AvgIpc) is 2.43. The molecule has 3 nitrogen and oxygen atoms in total. The number of hydrogen-bond donors (Lipinski definition) is 1. The summed E-state index contributed by atoms with van der Waals surface area (Å²) < 4.78 is 0. The fourth-order valence-corrected chi connectivity index (χ4v) is 2.08. The molecule has 100 valence electrons. The maximum Gasteiger partial charge on any atom is 0.226 e. The summed E-state index contributed by atoms with van der Waals surface area (Å²) >= 11 is 1.74. The van der Waals surface area contributed by atoms with Crippen LogP contribution in [0.3, 0.4) is 0 Å². The number of thioether (sulfide) groups is 1. The zero-order valence-corrected chi connectivity index (χ0v) is 12.2. The van der Waals surface area contributed by atoms with Crippen molar-refractivity contribution in [3.8, 4) is 0 Å². The Hall–Kier alpha value is -1.00. The topological polar surface area (TPSA) is 46.3 Å². The number of likely N-dealkylation sites (N-methyl/N-ethyl adjacent to an activating group) is 1. The minimum absolute atomic E-state index is 0.0890. The molecule has 1 atom stereocenters. The van der Waals surface area contributed by atoms with Crippen LogP contribution < -0.4 is 5.73 Å². The van der Waals surface area contributed by atoms with Crippen molar-refractivity contribution >= 4 is 17.7 Å². The van der Waals surface area contributed by atoms with Crippen molar-refractivity contribution in [1.82, 2.24) is 4.90 Å². The second-order valence-corrected chi connectivity index (χ2v) is 5.37. The van der Waals surface area contributed by atoms with Gasteiger partial charge in [0.15, 0.2) is 0 Å². The number of hydrogen-bond acceptors (Lipinski definition) is 3. The van der Waals surface area contributed by atoms with E-state index in [0.717, 1.165) is 13.0 Å². The van der Waals surface area contributed by atoms with Gasteiger partial charge in [-0.3, -0.25) is 4.79 Å². The van der Waals surface area contributed by atoms with E-state index in [9.17, 15) is 4.79 Å². The summed E-state index contributed by atoms with van der Waals surface area (Å²) in [5, 5.41) is 0. The van der Waals surface area contributed by atoms with Gasteiger partial charge in [0, 0.05) is 31.0 Å². The number of amides is 1. The smallest absolute Gasteiger partial charge is 0.226 e. The van der Waals surface area contributed by atoms with Crippen molar-refractivity contribution in [3.63, 3.8) is 0 Å². The molecule has 0 radical (unpaired) electrons. The van der Waals surface area contributed by atoms with Crippen LogP contribution in [-0.2, 0) is 11.2 Å². The number of rotatable bonds is 6. The molecule has 1 aromatic rings. The summed E-state index contributed by atoms with van der Waals surface area (Å²) in [5.74, 6) is 0.0344. The number of carbonyl (C=O) groups is 1. The van der Waals surface area contributed by atoms with Crippen molar-refractivity contribution in [3.05, 3.63) is 29.8 Å². The highest BCUT2D eigenvalue weighted by Gasteiger charge is 2.15.